The maximum atomic E-state index is 13.0. The van der Waals surface area contributed by atoms with Gasteiger partial charge in [-0.1, -0.05) is 79.3 Å². The summed E-state index contributed by atoms with van der Waals surface area (Å²) >= 11 is 1.63. The van der Waals surface area contributed by atoms with Crippen molar-refractivity contribution < 1.29 is 9.53 Å². The molecule has 0 fully saturated rings. The molecule has 0 heterocycles. The summed E-state index contributed by atoms with van der Waals surface area (Å²) < 4.78 is 6.05. The lowest BCUT2D eigenvalue weighted by molar-refractivity contribution is -0.122. The van der Waals surface area contributed by atoms with Crippen LogP contribution >= 0.6 is 11.8 Å². The van der Waals surface area contributed by atoms with Gasteiger partial charge in [-0.15, -0.1) is 0 Å². The molecule has 0 unspecified atom stereocenters. The zero-order chi connectivity index (χ0) is 20.8. The minimum Gasteiger partial charge on any atom is -0.481 e. The second-order valence-corrected chi connectivity index (χ2v) is 8.04. The number of hydrogen-bond donors (Lipinski definition) is 1. The fourth-order valence-electron chi connectivity index (χ4n) is 3.21. The molecule has 0 aliphatic rings. The minimum atomic E-state index is -0.569. The summed E-state index contributed by atoms with van der Waals surface area (Å²) in [6.45, 7) is 1.95. The number of amides is 1. The quantitative estimate of drug-likeness (QED) is 0.363. The average molecular weight is 414 g/mol. The highest BCUT2D eigenvalue weighted by molar-refractivity contribution is 7.99. The van der Waals surface area contributed by atoms with E-state index in [1.54, 1.807) is 11.8 Å². The van der Waals surface area contributed by atoms with Gasteiger partial charge in [0.25, 0.3) is 5.91 Å². The van der Waals surface area contributed by atoms with Crippen molar-refractivity contribution in [1.29, 1.82) is 0 Å². The SMILES string of the molecule is CC[C@H](Oc1ccc2ccccc2c1)C(=O)Nc1ccccc1Sc1ccccc1. The highest BCUT2D eigenvalue weighted by Gasteiger charge is 2.20. The molecule has 4 rings (SSSR count). The van der Waals surface area contributed by atoms with Crippen molar-refractivity contribution in [1.82, 2.24) is 0 Å². The van der Waals surface area contributed by atoms with Crippen LogP contribution in [0.2, 0.25) is 0 Å². The number of ether oxygens (including phenoxy) is 1. The number of anilines is 1. The van der Waals surface area contributed by atoms with Crippen molar-refractivity contribution >= 4 is 34.1 Å². The van der Waals surface area contributed by atoms with E-state index in [1.807, 2.05) is 85.8 Å². The normalized spacial score (nSPS) is 11.8. The first kappa shape index (κ1) is 20.0. The van der Waals surface area contributed by atoms with Gasteiger partial charge in [-0.05, 0) is 53.6 Å². The first-order valence-electron chi connectivity index (χ1n) is 10.0. The summed E-state index contributed by atoms with van der Waals surface area (Å²) in [7, 11) is 0. The highest BCUT2D eigenvalue weighted by Crippen LogP contribution is 2.33. The van der Waals surface area contributed by atoms with E-state index in [4.69, 9.17) is 4.74 Å². The molecule has 4 aromatic rings. The zero-order valence-electron chi connectivity index (χ0n) is 16.7. The molecule has 0 saturated heterocycles. The lowest BCUT2D eigenvalue weighted by Gasteiger charge is -2.19. The molecule has 4 aromatic carbocycles. The Morgan fingerprint density at radius 1 is 0.867 bits per heavy atom. The van der Waals surface area contributed by atoms with Gasteiger partial charge in [0.15, 0.2) is 6.10 Å². The first-order chi connectivity index (χ1) is 14.7. The van der Waals surface area contributed by atoms with E-state index < -0.39 is 6.10 Å². The lowest BCUT2D eigenvalue weighted by Crippen LogP contribution is -2.32. The minimum absolute atomic E-state index is 0.147. The van der Waals surface area contributed by atoms with Gasteiger partial charge in [-0.2, -0.15) is 0 Å². The number of carbonyl (C=O) groups excluding carboxylic acids is 1. The Bertz CT molecular complexity index is 1140. The predicted octanol–water partition coefficient (Wildman–Crippen LogP) is 6.79. The van der Waals surface area contributed by atoms with E-state index in [2.05, 4.69) is 23.5 Å². The molecule has 0 saturated carbocycles. The molecule has 0 aromatic heterocycles. The van der Waals surface area contributed by atoms with Crippen molar-refractivity contribution in [3.63, 3.8) is 0 Å². The van der Waals surface area contributed by atoms with Crippen molar-refractivity contribution in [2.75, 3.05) is 5.32 Å². The van der Waals surface area contributed by atoms with Gasteiger partial charge in [0.05, 0.1) is 5.69 Å². The van der Waals surface area contributed by atoms with Gasteiger partial charge in [0.1, 0.15) is 5.75 Å². The maximum absolute atomic E-state index is 13.0. The van der Waals surface area contributed by atoms with Gasteiger partial charge in [0.2, 0.25) is 0 Å². The Labute approximate surface area is 181 Å². The number of nitrogens with one attached hydrogen (secondary N) is 1. The van der Waals surface area contributed by atoms with Crippen LogP contribution in [0.5, 0.6) is 5.75 Å². The summed E-state index contributed by atoms with van der Waals surface area (Å²) in [5.41, 5.74) is 0.789. The largest absolute Gasteiger partial charge is 0.481 e. The monoisotopic (exact) mass is 413 g/mol. The molecule has 0 aliphatic carbocycles. The number of hydrogen-bond acceptors (Lipinski definition) is 3. The van der Waals surface area contributed by atoms with Crippen molar-refractivity contribution in [2.24, 2.45) is 0 Å². The first-order valence-corrected chi connectivity index (χ1v) is 10.8. The van der Waals surface area contributed by atoms with Crippen molar-refractivity contribution in [3.05, 3.63) is 97.1 Å². The van der Waals surface area contributed by atoms with E-state index in [0.717, 1.165) is 26.3 Å². The Kier molecular flexibility index (Phi) is 6.35. The molecule has 30 heavy (non-hydrogen) atoms. The number of rotatable bonds is 7. The second kappa shape index (κ2) is 9.51. The van der Waals surface area contributed by atoms with Crippen molar-refractivity contribution in [2.45, 2.75) is 29.2 Å². The van der Waals surface area contributed by atoms with Gasteiger partial charge < -0.3 is 10.1 Å². The van der Waals surface area contributed by atoms with Crippen LogP contribution < -0.4 is 10.1 Å². The summed E-state index contributed by atoms with van der Waals surface area (Å²) in [5.74, 6) is 0.550. The molecule has 1 atom stereocenters. The Hall–Kier alpha value is -3.24. The molecular formula is C26H23NO2S. The van der Waals surface area contributed by atoms with Crippen molar-refractivity contribution in [3.8, 4) is 5.75 Å². The summed E-state index contributed by atoms with van der Waals surface area (Å²) in [4.78, 5) is 15.1. The molecule has 0 aliphatic heterocycles. The van der Waals surface area contributed by atoms with E-state index in [0.29, 0.717) is 12.2 Å². The summed E-state index contributed by atoms with van der Waals surface area (Å²) in [6, 6.07) is 32.0. The molecule has 150 valence electrons. The second-order valence-electron chi connectivity index (χ2n) is 6.92. The van der Waals surface area contributed by atoms with Gasteiger partial charge >= 0.3 is 0 Å². The number of fused-ring (bicyclic) bond motifs is 1. The third-order valence-corrected chi connectivity index (χ3v) is 5.86. The van der Waals surface area contributed by atoms with Gasteiger partial charge in [-0.3, -0.25) is 4.79 Å². The smallest absolute Gasteiger partial charge is 0.265 e. The Morgan fingerprint density at radius 3 is 2.37 bits per heavy atom. The standard InChI is InChI=1S/C26H23NO2S/c1-2-24(29-21-17-16-19-10-6-7-11-20(19)18-21)26(28)27-23-14-8-9-15-25(23)30-22-12-4-3-5-13-22/h3-18,24H,2H2,1H3,(H,27,28)/t24-/m0/s1. The molecular weight excluding hydrogens is 390 g/mol. The number of para-hydroxylation sites is 1. The molecule has 1 N–H and O–H groups in total. The van der Waals surface area contributed by atoms with Crippen LogP contribution in [0.4, 0.5) is 5.69 Å². The van der Waals surface area contributed by atoms with E-state index in [-0.39, 0.29) is 5.91 Å². The van der Waals surface area contributed by atoms with Crippen LogP contribution in [0.25, 0.3) is 10.8 Å². The highest BCUT2D eigenvalue weighted by atomic mass is 32.2. The third kappa shape index (κ3) is 4.84. The van der Waals surface area contributed by atoms with Crippen LogP contribution in [0.15, 0.2) is 107 Å². The maximum Gasteiger partial charge on any atom is 0.265 e. The molecule has 1 amide bonds. The molecule has 0 bridgehead atoms. The third-order valence-electron chi connectivity index (χ3n) is 4.78. The van der Waals surface area contributed by atoms with Crippen LogP contribution in [0, 0.1) is 0 Å². The number of benzene rings is 4. The topological polar surface area (TPSA) is 38.3 Å². The summed E-state index contributed by atoms with van der Waals surface area (Å²) in [6.07, 6.45) is 0.00748. The van der Waals surface area contributed by atoms with Crippen LogP contribution in [0.1, 0.15) is 13.3 Å². The van der Waals surface area contributed by atoms with E-state index >= 15 is 0 Å². The Balaban J connectivity index is 1.49. The fourth-order valence-corrected chi connectivity index (χ4v) is 4.14. The molecule has 4 heteroatoms. The summed E-state index contributed by atoms with van der Waals surface area (Å²) in [5, 5.41) is 5.29. The number of carbonyl (C=O) groups is 1. The van der Waals surface area contributed by atoms with Crippen LogP contribution in [-0.2, 0) is 4.79 Å². The molecule has 0 radical (unpaired) electrons. The van der Waals surface area contributed by atoms with E-state index in [1.165, 1.54) is 0 Å². The fraction of sp³-hybridized carbons (Fsp3) is 0.115. The Morgan fingerprint density at radius 2 is 1.57 bits per heavy atom. The van der Waals surface area contributed by atoms with Gasteiger partial charge in [0, 0.05) is 9.79 Å². The van der Waals surface area contributed by atoms with E-state index in [9.17, 15) is 4.79 Å². The average Bonchev–Trinajstić information content (AvgIpc) is 2.79. The zero-order valence-corrected chi connectivity index (χ0v) is 17.6. The molecule has 0 spiro atoms. The molecule has 3 nitrogen and oxygen atoms in total. The lowest BCUT2D eigenvalue weighted by atomic mass is 10.1. The van der Waals surface area contributed by atoms with Crippen LogP contribution in [-0.4, -0.2) is 12.0 Å². The van der Waals surface area contributed by atoms with Crippen LogP contribution in [0.3, 0.4) is 0 Å². The predicted molar refractivity (Wildman–Crippen MR) is 124 cm³/mol. The van der Waals surface area contributed by atoms with Gasteiger partial charge in [-0.25, -0.2) is 0 Å².